The Kier molecular flexibility index (Phi) is 8.23. The summed E-state index contributed by atoms with van der Waals surface area (Å²) < 4.78 is 9.65. The second-order valence-corrected chi connectivity index (χ2v) is 10.4. The molecule has 0 saturated heterocycles. The van der Waals surface area contributed by atoms with E-state index in [1.54, 1.807) is 0 Å². The van der Waals surface area contributed by atoms with Crippen LogP contribution in [0.5, 0.6) is 0 Å². The van der Waals surface area contributed by atoms with E-state index in [-0.39, 0.29) is 24.5 Å². The summed E-state index contributed by atoms with van der Waals surface area (Å²) >= 11 is 0. The molecule has 200 valence electrons. The zero-order valence-corrected chi connectivity index (χ0v) is 22.8. The first-order valence-electron chi connectivity index (χ1n) is 12.8. The van der Waals surface area contributed by atoms with Crippen molar-refractivity contribution in [3.63, 3.8) is 0 Å². The number of ether oxygens (including phenoxy) is 1. The van der Waals surface area contributed by atoms with Gasteiger partial charge in [0.25, 0.3) is 0 Å². The Morgan fingerprint density at radius 3 is 1.89 bits per heavy atom. The number of nitrogens with one attached hydrogen (secondary N) is 1. The van der Waals surface area contributed by atoms with Crippen LogP contribution >= 0.6 is 12.4 Å². The van der Waals surface area contributed by atoms with Crippen molar-refractivity contribution in [2.24, 2.45) is 5.73 Å². The lowest BCUT2D eigenvalue weighted by Crippen LogP contribution is -2.33. The second-order valence-electron chi connectivity index (χ2n) is 10.4. The Labute approximate surface area is 229 Å². The lowest BCUT2D eigenvalue weighted by molar-refractivity contribution is 0.0526. The molecule has 1 amide bonds. The van der Waals surface area contributed by atoms with E-state index >= 15 is 0 Å². The SMILES string of the molecule is CC(C)(C)OC(=O)NCCC1c2ccccc2-c2cncn21.Cl.NCCC1c2ccccc2-c2cncn21. The van der Waals surface area contributed by atoms with Crippen molar-refractivity contribution in [3.05, 3.63) is 84.7 Å². The molecule has 0 fully saturated rings. The molecule has 6 rings (SSSR count). The van der Waals surface area contributed by atoms with Crippen molar-refractivity contribution < 1.29 is 9.53 Å². The van der Waals surface area contributed by atoms with E-state index in [1.807, 2.05) is 58.0 Å². The Balaban J connectivity index is 0.000000184. The van der Waals surface area contributed by atoms with Crippen LogP contribution < -0.4 is 11.1 Å². The van der Waals surface area contributed by atoms with Gasteiger partial charge in [0.2, 0.25) is 0 Å². The minimum atomic E-state index is -0.471. The topological polar surface area (TPSA) is 100.0 Å². The zero-order chi connectivity index (χ0) is 26.0. The van der Waals surface area contributed by atoms with Crippen LogP contribution in [0.4, 0.5) is 4.79 Å². The fraction of sp³-hybridized carbons (Fsp3) is 0.345. The molecule has 3 N–H and O–H groups in total. The van der Waals surface area contributed by atoms with Gasteiger partial charge in [0, 0.05) is 17.7 Å². The minimum Gasteiger partial charge on any atom is -0.444 e. The molecule has 2 atom stereocenters. The van der Waals surface area contributed by atoms with Crippen LogP contribution in [0.25, 0.3) is 22.5 Å². The first-order chi connectivity index (χ1) is 17.9. The quantitative estimate of drug-likeness (QED) is 0.347. The van der Waals surface area contributed by atoms with Gasteiger partial charge < -0.3 is 24.9 Å². The van der Waals surface area contributed by atoms with Gasteiger partial charge in [-0.05, 0) is 51.3 Å². The Morgan fingerprint density at radius 2 is 1.39 bits per heavy atom. The molecule has 8 nitrogen and oxygen atoms in total. The van der Waals surface area contributed by atoms with Crippen molar-refractivity contribution in [2.45, 2.75) is 51.3 Å². The first kappa shape index (κ1) is 27.4. The highest BCUT2D eigenvalue weighted by Crippen LogP contribution is 2.41. The van der Waals surface area contributed by atoms with Gasteiger partial charge >= 0.3 is 6.09 Å². The third kappa shape index (κ3) is 5.47. The molecule has 2 unspecified atom stereocenters. The van der Waals surface area contributed by atoms with Gasteiger partial charge in [0.05, 0.1) is 48.5 Å². The van der Waals surface area contributed by atoms with Crippen LogP contribution in [0, 0.1) is 0 Å². The van der Waals surface area contributed by atoms with E-state index in [0.717, 1.165) is 18.5 Å². The van der Waals surface area contributed by atoms with Crippen molar-refractivity contribution in [3.8, 4) is 22.5 Å². The van der Waals surface area contributed by atoms with Crippen molar-refractivity contribution in [2.75, 3.05) is 13.1 Å². The number of carbonyl (C=O) groups excluding carboxylic acids is 1. The van der Waals surface area contributed by atoms with Gasteiger partial charge in [-0.3, -0.25) is 0 Å². The summed E-state index contributed by atoms with van der Waals surface area (Å²) in [5.41, 5.74) is 12.7. The number of carbonyl (C=O) groups is 1. The molecule has 0 bridgehead atoms. The molecule has 2 aliphatic rings. The summed E-state index contributed by atoms with van der Waals surface area (Å²) in [6.45, 7) is 6.84. The molecule has 0 spiro atoms. The molecular weight excluding hydrogens is 500 g/mol. The summed E-state index contributed by atoms with van der Waals surface area (Å²) in [4.78, 5) is 20.2. The van der Waals surface area contributed by atoms with Gasteiger partial charge in [-0.15, -0.1) is 12.4 Å². The van der Waals surface area contributed by atoms with Crippen molar-refractivity contribution in [1.82, 2.24) is 24.4 Å². The lowest BCUT2D eigenvalue weighted by atomic mass is 10.0. The molecule has 0 saturated carbocycles. The van der Waals surface area contributed by atoms with Crippen molar-refractivity contribution in [1.29, 1.82) is 0 Å². The number of benzene rings is 2. The average molecular weight is 535 g/mol. The third-order valence-corrected chi connectivity index (χ3v) is 6.72. The first-order valence-corrected chi connectivity index (χ1v) is 12.8. The smallest absolute Gasteiger partial charge is 0.407 e. The summed E-state index contributed by atoms with van der Waals surface area (Å²) in [5.74, 6) is 0. The molecule has 2 aliphatic heterocycles. The maximum absolute atomic E-state index is 11.7. The van der Waals surface area contributed by atoms with Crippen LogP contribution in [-0.4, -0.2) is 43.9 Å². The summed E-state index contributed by atoms with van der Waals surface area (Å²) in [5, 5.41) is 2.83. The van der Waals surface area contributed by atoms with Crippen LogP contribution in [0.3, 0.4) is 0 Å². The summed E-state index contributed by atoms with van der Waals surface area (Å²) in [6.07, 6.45) is 8.98. The number of imidazole rings is 2. The lowest BCUT2D eigenvalue weighted by Gasteiger charge is -2.20. The van der Waals surface area contributed by atoms with E-state index in [1.165, 1.54) is 27.9 Å². The number of nitrogens with two attached hydrogens (primary N) is 1. The standard InChI is InChI=1S/C17H21N3O2.C12H13N3.ClH/c1-17(2,3)22-16(21)19-9-8-14-12-6-4-5-7-13(12)15-10-18-11-20(14)15;13-6-5-11-9-3-1-2-4-10(9)12-7-14-8-15(11)12;/h4-7,10-11,14H,8-9H2,1-3H3,(H,19,21);1-4,7-8,11H,5-6,13H2;1H. The zero-order valence-electron chi connectivity index (χ0n) is 22.0. The van der Waals surface area contributed by atoms with Gasteiger partial charge in [0.15, 0.2) is 0 Å². The number of aromatic nitrogens is 4. The number of nitrogens with zero attached hydrogens (tertiary/aromatic N) is 4. The number of hydrogen-bond donors (Lipinski definition) is 2. The maximum atomic E-state index is 11.7. The molecule has 2 aromatic heterocycles. The highest BCUT2D eigenvalue weighted by molar-refractivity contribution is 5.85. The normalized spacial score (nSPS) is 16.2. The number of hydrogen-bond acceptors (Lipinski definition) is 5. The molecule has 4 heterocycles. The number of amides is 1. The Bertz CT molecular complexity index is 1390. The monoisotopic (exact) mass is 534 g/mol. The predicted octanol–water partition coefficient (Wildman–Crippen LogP) is 5.59. The van der Waals surface area contributed by atoms with Crippen LogP contribution in [0.1, 0.15) is 56.8 Å². The molecule has 4 aromatic rings. The third-order valence-electron chi connectivity index (χ3n) is 6.72. The average Bonchev–Trinajstić information content (AvgIpc) is 3.63. The van der Waals surface area contributed by atoms with Crippen LogP contribution in [-0.2, 0) is 4.74 Å². The highest BCUT2D eigenvalue weighted by Gasteiger charge is 2.28. The number of rotatable bonds is 5. The fourth-order valence-electron chi connectivity index (χ4n) is 5.24. The molecule has 0 aliphatic carbocycles. The second kappa shape index (κ2) is 11.4. The maximum Gasteiger partial charge on any atom is 0.407 e. The van der Waals surface area contributed by atoms with E-state index < -0.39 is 5.60 Å². The van der Waals surface area contributed by atoms with E-state index in [2.05, 4.69) is 60.8 Å². The molecule has 2 aromatic carbocycles. The van der Waals surface area contributed by atoms with Gasteiger partial charge in [-0.2, -0.15) is 0 Å². The fourth-order valence-corrected chi connectivity index (χ4v) is 5.24. The number of alkyl carbamates (subject to hydrolysis) is 1. The number of fused-ring (bicyclic) bond motifs is 6. The number of halogens is 1. The largest absolute Gasteiger partial charge is 0.444 e. The Hall–Kier alpha value is -3.62. The minimum absolute atomic E-state index is 0. The van der Waals surface area contributed by atoms with Crippen molar-refractivity contribution >= 4 is 18.5 Å². The van der Waals surface area contributed by atoms with E-state index in [9.17, 15) is 4.79 Å². The van der Waals surface area contributed by atoms with E-state index in [4.69, 9.17) is 10.5 Å². The molecular formula is C29H35ClN6O2. The van der Waals surface area contributed by atoms with Gasteiger partial charge in [0.1, 0.15) is 5.60 Å². The summed E-state index contributed by atoms with van der Waals surface area (Å²) in [6, 6.07) is 17.4. The highest BCUT2D eigenvalue weighted by atomic mass is 35.5. The van der Waals surface area contributed by atoms with Gasteiger partial charge in [-0.1, -0.05) is 48.5 Å². The molecule has 38 heavy (non-hydrogen) atoms. The summed E-state index contributed by atoms with van der Waals surface area (Å²) in [7, 11) is 0. The molecule has 0 radical (unpaired) electrons. The van der Waals surface area contributed by atoms with Gasteiger partial charge in [-0.25, -0.2) is 14.8 Å². The Morgan fingerprint density at radius 1 is 0.895 bits per heavy atom. The van der Waals surface area contributed by atoms with Crippen LogP contribution in [0.15, 0.2) is 73.6 Å². The molecule has 9 heteroatoms. The van der Waals surface area contributed by atoms with E-state index in [0.29, 0.717) is 19.1 Å². The predicted molar refractivity (Wildman–Crippen MR) is 151 cm³/mol. The van der Waals surface area contributed by atoms with Crippen LogP contribution in [0.2, 0.25) is 0 Å².